The fourth-order valence-corrected chi connectivity index (χ4v) is 1.99. The molecule has 0 radical (unpaired) electrons. The zero-order chi connectivity index (χ0) is 12.3. The van der Waals surface area contributed by atoms with Gasteiger partial charge in [-0.25, -0.2) is 0 Å². The SMILES string of the molecule is COCC(O)CN(C)C(=O)C1(C(N)=S)CC1. The standard InChI is InChI=1S/C10H18N2O3S/c1-12(5-7(13)6-15-2)9(14)10(3-4-10)8(11)16/h7,13H,3-6H2,1-2H3,(H2,11,16). The summed E-state index contributed by atoms with van der Waals surface area (Å²) < 4.78 is 4.79. The van der Waals surface area contributed by atoms with E-state index >= 15 is 0 Å². The minimum atomic E-state index is -0.680. The van der Waals surface area contributed by atoms with Gasteiger partial charge in [-0.1, -0.05) is 12.2 Å². The molecule has 0 bridgehead atoms. The van der Waals surface area contributed by atoms with E-state index in [2.05, 4.69) is 0 Å². The lowest BCUT2D eigenvalue weighted by Crippen LogP contribution is -2.44. The van der Waals surface area contributed by atoms with Crippen LogP contribution in [0.25, 0.3) is 0 Å². The van der Waals surface area contributed by atoms with E-state index in [1.54, 1.807) is 7.05 Å². The fraction of sp³-hybridized carbons (Fsp3) is 0.800. The van der Waals surface area contributed by atoms with Gasteiger partial charge >= 0.3 is 0 Å². The molecule has 1 aliphatic rings. The lowest BCUT2D eigenvalue weighted by molar-refractivity contribution is -0.134. The second-order valence-electron chi connectivity index (χ2n) is 4.24. The van der Waals surface area contributed by atoms with Crippen molar-refractivity contribution in [3.8, 4) is 0 Å². The minimum absolute atomic E-state index is 0.102. The summed E-state index contributed by atoms with van der Waals surface area (Å²) in [5.74, 6) is -0.102. The number of likely N-dealkylation sites (N-methyl/N-ethyl adjacent to an activating group) is 1. The summed E-state index contributed by atoms with van der Waals surface area (Å²) in [6, 6.07) is 0. The predicted molar refractivity (Wildman–Crippen MR) is 64.0 cm³/mol. The molecule has 0 heterocycles. The summed E-state index contributed by atoms with van der Waals surface area (Å²) in [6.07, 6.45) is 0.749. The summed E-state index contributed by atoms with van der Waals surface area (Å²) in [5, 5.41) is 9.51. The van der Waals surface area contributed by atoms with Crippen molar-refractivity contribution in [1.29, 1.82) is 0 Å². The van der Waals surface area contributed by atoms with E-state index in [0.717, 1.165) is 0 Å². The molecule has 1 amide bonds. The summed E-state index contributed by atoms with van der Waals surface area (Å²) in [6.45, 7) is 0.439. The Balaban J connectivity index is 2.51. The first-order valence-corrected chi connectivity index (χ1v) is 5.57. The van der Waals surface area contributed by atoms with Crippen LogP contribution in [-0.2, 0) is 9.53 Å². The van der Waals surface area contributed by atoms with E-state index in [0.29, 0.717) is 12.8 Å². The van der Waals surface area contributed by atoms with Crippen LogP contribution in [0.2, 0.25) is 0 Å². The van der Waals surface area contributed by atoms with Crippen LogP contribution < -0.4 is 5.73 Å². The molecule has 1 aliphatic carbocycles. The molecule has 1 fully saturated rings. The zero-order valence-electron chi connectivity index (χ0n) is 9.60. The molecule has 6 heteroatoms. The van der Waals surface area contributed by atoms with Crippen molar-refractivity contribution in [3.63, 3.8) is 0 Å². The van der Waals surface area contributed by atoms with Crippen LogP contribution in [0.5, 0.6) is 0 Å². The molecule has 0 aliphatic heterocycles. The number of ether oxygens (including phenoxy) is 1. The largest absolute Gasteiger partial charge is 0.392 e. The van der Waals surface area contributed by atoms with Crippen LogP contribution in [0, 0.1) is 5.41 Å². The van der Waals surface area contributed by atoms with E-state index in [9.17, 15) is 9.90 Å². The van der Waals surface area contributed by atoms with Gasteiger partial charge in [0.25, 0.3) is 0 Å². The number of carbonyl (C=O) groups is 1. The van der Waals surface area contributed by atoms with Crippen LogP contribution in [-0.4, -0.2) is 54.3 Å². The van der Waals surface area contributed by atoms with Crippen LogP contribution in [0.15, 0.2) is 0 Å². The average molecular weight is 246 g/mol. The predicted octanol–water partition coefficient (Wildman–Crippen LogP) is -0.482. The molecule has 0 aromatic carbocycles. The van der Waals surface area contributed by atoms with Crippen LogP contribution in [0.1, 0.15) is 12.8 Å². The van der Waals surface area contributed by atoms with Gasteiger partial charge < -0.3 is 20.5 Å². The first-order valence-electron chi connectivity index (χ1n) is 5.16. The average Bonchev–Trinajstić information content (AvgIpc) is 2.97. The molecule has 1 atom stereocenters. The third-order valence-corrected chi connectivity index (χ3v) is 3.21. The molecule has 5 nitrogen and oxygen atoms in total. The zero-order valence-corrected chi connectivity index (χ0v) is 10.4. The maximum absolute atomic E-state index is 12.0. The molecule has 0 spiro atoms. The first-order chi connectivity index (χ1) is 7.44. The summed E-state index contributed by atoms with van der Waals surface area (Å²) in [7, 11) is 3.14. The summed E-state index contributed by atoms with van der Waals surface area (Å²) >= 11 is 4.90. The summed E-state index contributed by atoms with van der Waals surface area (Å²) in [4.78, 5) is 13.7. The van der Waals surface area contributed by atoms with Crippen molar-refractivity contribution in [2.45, 2.75) is 18.9 Å². The van der Waals surface area contributed by atoms with E-state index in [1.165, 1.54) is 12.0 Å². The molecular weight excluding hydrogens is 228 g/mol. The number of aliphatic hydroxyl groups is 1. The summed E-state index contributed by atoms with van der Waals surface area (Å²) in [5.41, 5.74) is 4.92. The number of thiocarbonyl (C=S) groups is 1. The molecule has 0 aromatic rings. The van der Waals surface area contributed by atoms with Crippen LogP contribution in [0.4, 0.5) is 0 Å². The maximum atomic E-state index is 12.0. The van der Waals surface area contributed by atoms with Crippen molar-refractivity contribution in [2.24, 2.45) is 11.1 Å². The smallest absolute Gasteiger partial charge is 0.235 e. The Morgan fingerprint density at radius 2 is 2.25 bits per heavy atom. The van der Waals surface area contributed by atoms with Crippen molar-refractivity contribution in [2.75, 3.05) is 27.3 Å². The topological polar surface area (TPSA) is 75.8 Å². The van der Waals surface area contributed by atoms with Crippen molar-refractivity contribution < 1.29 is 14.6 Å². The third-order valence-electron chi connectivity index (χ3n) is 2.82. The van der Waals surface area contributed by atoms with E-state index in [1.807, 2.05) is 0 Å². The van der Waals surface area contributed by atoms with Gasteiger partial charge in [0.05, 0.1) is 23.1 Å². The number of hydrogen-bond donors (Lipinski definition) is 2. The van der Waals surface area contributed by atoms with Crippen LogP contribution in [0.3, 0.4) is 0 Å². The number of nitrogens with zero attached hydrogens (tertiary/aromatic N) is 1. The molecule has 1 unspecified atom stereocenters. The second-order valence-corrected chi connectivity index (χ2v) is 4.68. The van der Waals surface area contributed by atoms with Gasteiger partial charge in [0.2, 0.25) is 5.91 Å². The Kier molecular flexibility index (Phi) is 4.23. The Hall–Kier alpha value is -0.720. The highest BCUT2D eigenvalue weighted by molar-refractivity contribution is 7.80. The number of carbonyl (C=O) groups excluding carboxylic acids is 1. The van der Waals surface area contributed by atoms with Crippen molar-refractivity contribution in [1.82, 2.24) is 4.90 Å². The molecule has 16 heavy (non-hydrogen) atoms. The van der Waals surface area contributed by atoms with E-state index in [4.69, 9.17) is 22.7 Å². The van der Waals surface area contributed by atoms with Gasteiger partial charge in [0.15, 0.2) is 0 Å². The Bertz CT molecular complexity index is 292. The molecule has 1 saturated carbocycles. The number of amides is 1. The Morgan fingerprint density at radius 3 is 2.62 bits per heavy atom. The normalized spacial score (nSPS) is 18.9. The van der Waals surface area contributed by atoms with Gasteiger partial charge in [-0.05, 0) is 12.8 Å². The van der Waals surface area contributed by atoms with Crippen LogP contribution >= 0.6 is 12.2 Å². The lowest BCUT2D eigenvalue weighted by Gasteiger charge is -2.24. The number of aliphatic hydroxyl groups excluding tert-OH is 1. The molecule has 3 N–H and O–H groups in total. The van der Waals surface area contributed by atoms with Crippen molar-refractivity contribution >= 4 is 23.1 Å². The Morgan fingerprint density at radius 1 is 1.69 bits per heavy atom. The van der Waals surface area contributed by atoms with E-state index < -0.39 is 11.5 Å². The fourth-order valence-electron chi connectivity index (χ4n) is 1.70. The quantitative estimate of drug-likeness (QED) is 0.619. The van der Waals surface area contributed by atoms with Gasteiger partial charge in [-0.3, -0.25) is 4.79 Å². The number of rotatable bonds is 6. The third kappa shape index (κ3) is 2.69. The highest BCUT2D eigenvalue weighted by atomic mass is 32.1. The maximum Gasteiger partial charge on any atom is 0.235 e. The minimum Gasteiger partial charge on any atom is -0.392 e. The molecule has 0 aromatic heterocycles. The number of nitrogens with two attached hydrogens (primary N) is 1. The second kappa shape index (κ2) is 5.07. The highest BCUT2D eigenvalue weighted by Gasteiger charge is 2.53. The highest BCUT2D eigenvalue weighted by Crippen LogP contribution is 2.47. The first kappa shape index (κ1) is 13.3. The van der Waals surface area contributed by atoms with E-state index in [-0.39, 0.29) is 24.0 Å². The molecule has 0 saturated heterocycles. The number of hydrogen-bond acceptors (Lipinski definition) is 4. The van der Waals surface area contributed by atoms with Gasteiger partial charge in [0, 0.05) is 20.7 Å². The number of methoxy groups -OCH3 is 1. The monoisotopic (exact) mass is 246 g/mol. The van der Waals surface area contributed by atoms with Gasteiger partial charge in [-0.2, -0.15) is 0 Å². The lowest BCUT2D eigenvalue weighted by atomic mass is 10.1. The molecule has 92 valence electrons. The molecular formula is C10H18N2O3S. The van der Waals surface area contributed by atoms with Gasteiger partial charge in [0.1, 0.15) is 0 Å². The molecule has 1 rings (SSSR count). The Labute approximate surface area is 101 Å². The van der Waals surface area contributed by atoms with Gasteiger partial charge in [-0.15, -0.1) is 0 Å². The van der Waals surface area contributed by atoms with Crippen molar-refractivity contribution in [3.05, 3.63) is 0 Å².